The predicted molar refractivity (Wildman–Crippen MR) is 150 cm³/mol. The molecule has 0 aromatic carbocycles. The van der Waals surface area contributed by atoms with Crippen molar-refractivity contribution in [2.75, 3.05) is 0 Å². The molecule has 0 aliphatic heterocycles. The van der Waals surface area contributed by atoms with Crippen LogP contribution < -0.4 is 0 Å². The minimum Gasteiger partial charge on any atom is -0.119 e. The van der Waals surface area contributed by atoms with Crippen LogP contribution in [0.3, 0.4) is 0 Å². The van der Waals surface area contributed by atoms with E-state index in [1.54, 1.807) is 0 Å². The average molecular weight is 471 g/mol. The van der Waals surface area contributed by atoms with E-state index in [4.69, 9.17) is 11.6 Å². The zero-order valence-corrected chi connectivity index (χ0v) is 23.7. The molecular weight excluding hydrogens is 408 g/mol. The smallest absolute Gasteiger partial charge is 0.0446 e. The number of rotatable bonds is 27. The molecule has 0 spiro atoms. The van der Waals surface area contributed by atoms with Gasteiger partial charge in [-0.25, -0.2) is 0 Å². The van der Waals surface area contributed by atoms with Crippen molar-refractivity contribution in [3.8, 4) is 0 Å². The van der Waals surface area contributed by atoms with Gasteiger partial charge in [0.05, 0.1) is 0 Å². The summed E-state index contributed by atoms with van der Waals surface area (Å²) in [6, 6.07) is 0. The zero-order valence-electron chi connectivity index (χ0n) is 23.0. The standard InChI is InChI=1S/C31H63Cl/c1-4-7-10-13-16-19-22-25-28-31(32,29-26-23-20-17-14-11-8-5-2)30-27-24-21-18-15-12-9-6-3/h4-30H2,1-3H3. The van der Waals surface area contributed by atoms with Gasteiger partial charge in [0, 0.05) is 4.87 Å². The summed E-state index contributed by atoms with van der Waals surface area (Å²) in [7, 11) is 0. The first-order chi connectivity index (χ1) is 15.7. The van der Waals surface area contributed by atoms with Crippen molar-refractivity contribution in [1.82, 2.24) is 0 Å². The van der Waals surface area contributed by atoms with Crippen molar-refractivity contribution in [3.05, 3.63) is 0 Å². The van der Waals surface area contributed by atoms with Gasteiger partial charge in [-0.05, 0) is 19.3 Å². The first-order valence-corrected chi connectivity index (χ1v) is 15.7. The van der Waals surface area contributed by atoms with E-state index in [0.717, 1.165) is 0 Å². The summed E-state index contributed by atoms with van der Waals surface area (Å²) in [6.07, 6.45) is 37.6. The Kier molecular flexibility index (Phi) is 26.1. The Morgan fingerprint density at radius 3 is 0.719 bits per heavy atom. The second kappa shape index (κ2) is 25.9. The molecule has 0 aromatic heterocycles. The van der Waals surface area contributed by atoms with Gasteiger partial charge in [0.1, 0.15) is 0 Å². The summed E-state index contributed by atoms with van der Waals surface area (Å²) in [5.41, 5.74) is 0. The molecule has 0 amide bonds. The topological polar surface area (TPSA) is 0 Å². The highest BCUT2D eigenvalue weighted by Gasteiger charge is 2.25. The molecule has 0 heterocycles. The maximum Gasteiger partial charge on any atom is 0.0446 e. The third kappa shape index (κ3) is 23.4. The maximum absolute atomic E-state index is 7.28. The summed E-state index contributed by atoms with van der Waals surface area (Å²) >= 11 is 7.28. The third-order valence-electron chi connectivity index (χ3n) is 7.44. The molecule has 0 unspecified atom stereocenters. The SMILES string of the molecule is CCCCCCCCCCC(Cl)(CCCCCCCCCC)CCCCCCCCCC. The number of hydrogen-bond donors (Lipinski definition) is 0. The molecule has 0 aliphatic carbocycles. The van der Waals surface area contributed by atoms with Gasteiger partial charge < -0.3 is 0 Å². The Hall–Kier alpha value is 0.290. The monoisotopic (exact) mass is 470 g/mol. The normalized spacial score (nSPS) is 12.0. The first kappa shape index (κ1) is 32.3. The van der Waals surface area contributed by atoms with Gasteiger partial charge in [-0.3, -0.25) is 0 Å². The van der Waals surface area contributed by atoms with Crippen LogP contribution in [0.15, 0.2) is 0 Å². The molecule has 0 aliphatic rings. The van der Waals surface area contributed by atoms with E-state index in [2.05, 4.69) is 20.8 Å². The van der Waals surface area contributed by atoms with Crippen LogP contribution in [0.5, 0.6) is 0 Å². The van der Waals surface area contributed by atoms with Gasteiger partial charge in [-0.1, -0.05) is 175 Å². The lowest BCUT2D eigenvalue weighted by atomic mass is 9.88. The molecule has 0 N–H and O–H groups in total. The Bertz CT molecular complexity index is 287. The maximum atomic E-state index is 7.28. The van der Waals surface area contributed by atoms with Gasteiger partial charge in [-0.15, -0.1) is 11.6 Å². The number of alkyl halides is 1. The van der Waals surface area contributed by atoms with E-state index in [9.17, 15) is 0 Å². The summed E-state index contributed by atoms with van der Waals surface area (Å²) in [6.45, 7) is 6.91. The van der Waals surface area contributed by atoms with Gasteiger partial charge in [-0.2, -0.15) is 0 Å². The molecule has 0 aromatic rings. The Morgan fingerprint density at radius 2 is 0.500 bits per heavy atom. The molecule has 0 atom stereocenters. The van der Waals surface area contributed by atoms with E-state index in [1.807, 2.05) is 0 Å². The first-order valence-electron chi connectivity index (χ1n) is 15.4. The van der Waals surface area contributed by atoms with E-state index >= 15 is 0 Å². The Labute approximate surface area is 210 Å². The summed E-state index contributed by atoms with van der Waals surface area (Å²) in [5.74, 6) is 0. The van der Waals surface area contributed by atoms with Crippen LogP contribution >= 0.6 is 11.6 Å². The van der Waals surface area contributed by atoms with Gasteiger partial charge in [0.2, 0.25) is 0 Å². The van der Waals surface area contributed by atoms with Gasteiger partial charge >= 0.3 is 0 Å². The van der Waals surface area contributed by atoms with Gasteiger partial charge in [0.25, 0.3) is 0 Å². The van der Waals surface area contributed by atoms with Crippen LogP contribution in [-0.2, 0) is 0 Å². The minimum atomic E-state index is 0.104. The summed E-state index contributed by atoms with van der Waals surface area (Å²) in [4.78, 5) is 0.104. The van der Waals surface area contributed by atoms with Crippen LogP contribution in [-0.4, -0.2) is 4.87 Å². The largest absolute Gasteiger partial charge is 0.119 e. The van der Waals surface area contributed by atoms with E-state index in [1.165, 1.54) is 173 Å². The highest BCUT2D eigenvalue weighted by atomic mass is 35.5. The molecule has 0 radical (unpaired) electrons. The predicted octanol–water partition coefficient (Wildman–Crippen LogP) is 12.6. The number of halogens is 1. The number of unbranched alkanes of at least 4 members (excludes halogenated alkanes) is 21. The Morgan fingerprint density at radius 1 is 0.312 bits per heavy atom. The molecule has 1 heteroatoms. The molecular formula is C31H63Cl. The molecule has 0 rings (SSSR count). The van der Waals surface area contributed by atoms with Crippen LogP contribution in [0.2, 0.25) is 0 Å². The minimum absolute atomic E-state index is 0.104. The summed E-state index contributed by atoms with van der Waals surface area (Å²) < 4.78 is 0. The lowest BCUT2D eigenvalue weighted by Gasteiger charge is -2.27. The van der Waals surface area contributed by atoms with Crippen LogP contribution in [0, 0.1) is 0 Å². The van der Waals surface area contributed by atoms with Crippen LogP contribution in [0.25, 0.3) is 0 Å². The lowest BCUT2D eigenvalue weighted by molar-refractivity contribution is 0.394. The average Bonchev–Trinajstić information content (AvgIpc) is 2.79. The third-order valence-corrected chi connectivity index (χ3v) is 8.00. The van der Waals surface area contributed by atoms with Crippen molar-refractivity contribution in [2.45, 2.75) is 199 Å². The van der Waals surface area contributed by atoms with Crippen molar-refractivity contribution < 1.29 is 0 Å². The van der Waals surface area contributed by atoms with Gasteiger partial charge in [0.15, 0.2) is 0 Å². The molecule has 0 saturated carbocycles. The fourth-order valence-corrected chi connectivity index (χ4v) is 5.50. The molecule has 0 fully saturated rings. The highest BCUT2D eigenvalue weighted by Crippen LogP contribution is 2.35. The fourth-order valence-electron chi connectivity index (χ4n) is 5.10. The second-order valence-corrected chi connectivity index (χ2v) is 11.6. The van der Waals surface area contributed by atoms with Crippen LogP contribution in [0.1, 0.15) is 194 Å². The molecule has 32 heavy (non-hydrogen) atoms. The fraction of sp³-hybridized carbons (Fsp3) is 1.00. The summed E-state index contributed by atoms with van der Waals surface area (Å²) in [5, 5.41) is 0. The second-order valence-electron chi connectivity index (χ2n) is 10.8. The highest BCUT2D eigenvalue weighted by molar-refractivity contribution is 6.23. The van der Waals surface area contributed by atoms with E-state index < -0.39 is 0 Å². The quantitative estimate of drug-likeness (QED) is 0.0826. The zero-order chi connectivity index (χ0) is 23.6. The Balaban J connectivity index is 4.04. The van der Waals surface area contributed by atoms with Crippen LogP contribution in [0.4, 0.5) is 0 Å². The molecule has 0 nitrogen and oxygen atoms in total. The van der Waals surface area contributed by atoms with E-state index in [0.29, 0.717) is 0 Å². The van der Waals surface area contributed by atoms with E-state index in [-0.39, 0.29) is 4.87 Å². The van der Waals surface area contributed by atoms with Crippen molar-refractivity contribution in [2.24, 2.45) is 0 Å². The molecule has 0 bridgehead atoms. The number of hydrogen-bond acceptors (Lipinski definition) is 0. The molecule has 0 saturated heterocycles. The molecule has 194 valence electrons. The van der Waals surface area contributed by atoms with Crippen molar-refractivity contribution >= 4 is 11.6 Å². The van der Waals surface area contributed by atoms with Crippen molar-refractivity contribution in [3.63, 3.8) is 0 Å². The lowest BCUT2D eigenvalue weighted by Crippen LogP contribution is -2.21. The van der Waals surface area contributed by atoms with Crippen molar-refractivity contribution in [1.29, 1.82) is 0 Å².